The molecule has 0 atom stereocenters. The van der Waals surface area contributed by atoms with Crippen molar-refractivity contribution in [3.63, 3.8) is 0 Å². The van der Waals surface area contributed by atoms with E-state index in [9.17, 15) is 9.59 Å². The van der Waals surface area contributed by atoms with Crippen molar-refractivity contribution in [3.8, 4) is 10.6 Å². The predicted molar refractivity (Wildman–Crippen MR) is 111 cm³/mol. The lowest BCUT2D eigenvalue weighted by molar-refractivity contribution is -0.124. The summed E-state index contributed by atoms with van der Waals surface area (Å²) in [5, 5.41) is 6.40. The molecule has 140 valence electrons. The molecular weight excluding hydrogens is 358 g/mol. The Bertz CT molecular complexity index is 916. The molecule has 3 aromatic rings. The van der Waals surface area contributed by atoms with E-state index in [4.69, 9.17) is 0 Å². The number of amides is 2. The molecule has 2 aromatic carbocycles. The van der Waals surface area contributed by atoms with Crippen molar-refractivity contribution in [3.05, 3.63) is 48.5 Å². The molecule has 0 radical (unpaired) electrons. The Morgan fingerprint density at radius 2 is 1.89 bits per heavy atom. The molecule has 1 heterocycles. The number of aromatic nitrogens is 1. The zero-order valence-electron chi connectivity index (χ0n) is 15.5. The second-order valence-corrected chi connectivity index (χ2v) is 7.86. The molecule has 0 aliphatic carbocycles. The highest BCUT2D eigenvalue weighted by Gasteiger charge is 2.09. The highest BCUT2D eigenvalue weighted by molar-refractivity contribution is 7.21. The number of nitrogens with one attached hydrogen (secondary N) is 2. The first-order valence-corrected chi connectivity index (χ1v) is 9.85. The summed E-state index contributed by atoms with van der Waals surface area (Å²) >= 11 is 1.62. The number of nitrogens with zero attached hydrogens (tertiary/aromatic N) is 1. The smallest absolute Gasteiger partial charge is 0.243 e. The number of carbonyl (C=O) groups is 2. The van der Waals surface area contributed by atoms with E-state index >= 15 is 0 Å². The van der Waals surface area contributed by atoms with Crippen molar-refractivity contribution in [1.82, 2.24) is 10.3 Å². The van der Waals surface area contributed by atoms with E-state index in [1.807, 2.05) is 48.5 Å². The van der Waals surface area contributed by atoms with Gasteiger partial charge in [-0.3, -0.25) is 9.59 Å². The first-order chi connectivity index (χ1) is 13.0. The van der Waals surface area contributed by atoms with E-state index in [0.29, 0.717) is 18.0 Å². The van der Waals surface area contributed by atoms with Crippen LogP contribution >= 0.6 is 11.3 Å². The number of para-hydroxylation sites is 1. The Morgan fingerprint density at radius 3 is 2.67 bits per heavy atom. The molecule has 0 saturated heterocycles. The Labute approximate surface area is 162 Å². The van der Waals surface area contributed by atoms with Crippen LogP contribution in [-0.2, 0) is 9.59 Å². The highest BCUT2D eigenvalue weighted by atomic mass is 32.1. The lowest BCUT2D eigenvalue weighted by Crippen LogP contribution is -2.32. The van der Waals surface area contributed by atoms with Crippen LogP contribution in [0.1, 0.15) is 26.7 Å². The Kier molecular flexibility index (Phi) is 6.19. The Morgan fingerprint density at radius 1 is 1.07 bits per heavy atom. The first-order valence-electron chi connectivity index (χ1n) is 9.04. The molecule has 0 bridgehead atoms. The highest BCUT2D eigenvalue weighted by Crippen LogP contribution is 2.31. The standard InChI is InChI=1S/C21H23N3O2S/c1-14(2)10-11-19(25)22-13-20(26)23-16-7-5-6-15(12-16)21-24-17-8-3-4-9-18(17)27-21/h3-9,12,14H,10-11,13H2,1-2H3,(H,22,25)(H,23,26). The third-order valence-electron chi connectivity index (χ3n) is 4.08. The van der Waals surface area contributed by atoms with Crippen LogP contribution < -0.4 is 10.6 Å². The number of fused-ring (bicyclic) bond motifs is 1. The van der Waals surface area contributed by atoms with Crippen LogP contribution in [0.5, 0.6) is 0 Å². The Hall–Kier alpha value is -2.73. The second kappa shape index (κ2) is 8.77. The summed E-state index contributed by atoms with van der Waals surface area (Å²) in [5.41, 5.74) is 2.61. The molecule has 0 spiro atoms. The van der Waals surface area contributed by atoms with Gasteiger partial charge in [-0.2, -0.15) is 0 Å². The molecule has 2 N–H and O–H groups in total. The molecule has 0 unspecified atom stereocenters. The fourth-order valence-corrected chi connectivity index (χ4v) is 3.58. The summed E-state index contributed by atoms with van der Waals surface area (Å²) in [5.74, 6) is 0.131. The van der Waals surface area contributed by atoms with Crippen LogP contribution in [0.15, 0.2) is 48.5 Å². The average molecular weight is 382 g/mol. The maximum atomic E-state index is 12.1. The van der Waals surface area contributed by atoms with E-state index in [-0.39, 0.29) is 18.4 Å². The minimum absolute atomic E-state index is 0.0255. The fourth-order valence-electron chi connectivity index (χ4n) is 2.62. The van der Waals surface area contributed by atoms with E-state index in [2.05, 4.69) is 29.5 Å². The van der Waals surface area contributed by atoms with Gasteiger partial charge in [-0.1, -0.05) is 38.1 Å². The summed E-state index contributed by atoms with van der Waals surface area (Å²) in [4.78, 5) is 28.5. The molecule has 0 aliphatic heterocycles. The SMILES string of the molecule is CC(C)CCC(=O)NCC(=O)Nc1cccc(-c2nc3ccccc3s2)c1. The van der Waals surface area contributed by atoms with Crippen LogP contribution in [-0.4, -0.2) is 23.3 Å². The van der Waals surface area contributed by atoms with E-state index < -0.39 is 0 Å². The predicted octanol–water partition coefficient (Wildman–Crippen LogP) is 4.45. The second-order valence-electron chi connectivity index (χ2n) is 6.82. The van der Waals surface area contributed by atoms with E-state index in [1.165, 1.54) is 0 Å². The zero-order chi connectivity index (χ0) is 19.2. The quantitative estimate of drug-likeness (QED) is 0.635. The minimum atomic E-state index is -0.241. The Balaban J connectivity index is 1.60. The minimum Gasteiger partial charge on any atom is -0.347 e. The van der Waals surface area contributed by atoms with Crippen LogP contribution in [0.25, 0.3) is 20.8 Å². The number of carbonyl (C=O) groups excluding carboxylic acids is 2. The summed E-state index contributed by atoms with van der Waals surface area (Å²) < 4.78 is 1.13. The van der Waals surface area contributed by atoms with Crippen LogP contribution in [0, 0.1) is 5.92 Å². The van der Waals surface area contributed by atoms with Crippen LogP contribution in [0.4, 0.5) is 5.69 Å². The molecule has 3 rings (SSSR count). The number of rotatable bonds is 7. The molecular formula is C21H23N3O2S. The third kappa shape index (κ3) is 5.37. The third-order valence-corrected chi connectivity index (χ3v) is 5.17. The van der Waals surface area contributed by atoms with Crippen molar-refractivity contribution < 1.29 is 9.59 Å². The van der Waals surface area contributed by atoms with Gasteiger partial charge in [-0.15, -0.1) is 11.3 Å². The number of anilines is 1. The van der Waals surface area contributed by atoms with Gasteiger partial charge in [0, 0.05) is 17.7 Å². The van der Waals surface area contributed by atoms with Gasteiger partial charge in [0.2, 0.25) is 11.8 Å². The van der Waals surface area contributed by atoms with E-state index in [1.54, 1.807) is 11.3 Å². The molecule has 0 saturated carbocycles. The normalized spacial score (nSPS) is 10.9. The molecule has 0 fully saturated rings. The number of thiazole rings is 1. The number of hydrogen-bond donors (Lipinski definition) is 2. The van der Waals surface area contributed by atoms with Crippen molar-refractivity contribution in [2.24, 2.45) is 5.92 Å². The molecule has 1 aromatic heterocycles. The number of benzene rings is 2. The molecule has 27 heavy (non-hydrogen) atoms. The van der Waals surface area contributed by atoms with Gasteiger partial charge in [0.1, 0.15) is 5.01 Å². The molecule has 0 aliphatic rings. The molecule has 2 amide bonds. The maximum Gasteiger partial charge on any atom is 0.243 e. The lowest BCUT2D eigenvalue weighted by Gasteiger charge is -2.08. The van der Waals surface area contributed by atoms with Gasteiger partial charge in [-0.05, 0) is 36.6 Å². The van der Waals surface area contributed by atoms with Crippen molar-refractivity contribution in [2.75, 3.05) is 11.9 Å². The van der Waals surface area contributed by atoms with Gasteiger partial charge in [0.25, 0.3) is 0 Å². The van der Waals surface area contributed by atoms with Gasteiger partial charge < -0.3 is 10.6 Å². The van der Waals surface area contributed by atoms with Crippen LogP contribution in [0.3, 0.4) is 0 Å². The van der Waals surface area contributed by atoms with Gasteiger partial charge in [0.05, 0.1) is 16.8 Å². The van der Waals surface area contributed by atoms with Gasteiger partial charge >= 0.3 is 0 Å². The van der Waals surface area contributed by atoms with Gasteiger partial charge in [0.15, 0.2) is 0 Å². The zero-order valence-corrected chi connectivity index (χ0v) is 16.3. The summed E-state index contributed by atoms with van der Waals surface area (Å²) in [7, 11) is 0. The fraction of sp³-hybridized carbons (Fsp3) is 0.286. The van der Waals surface area contributed by atoms with Crippen LogP contribution in [0.2, 0.25) is 0 Å². The average Bonchev–Trinajstić information content (AvgIpc) is 3.09. The summed E-state index contributed by atoms with van der Waals surface area (Å²) in [6.45, 7) is 4.11. The van der Waals surface area contributed by atoms with E-state index in [0.717, 1.165) is 27.2 Å². The van der Waals surface area contributed by atoms with Crippen molar-refractivity contribution in [1.29, 1.82) is 0 Å². The maximum absolute atomic E-state index is 12.1. The molecule has 5 nitrogen and oxygen atoms in total. The monoisotopic (exact) mass is 381 g/mol. The van der Waals surface area contributed by atoms with Crippen molar-refractivity contribution >= 4 is 39.1 Å². The van der Waals surface area contributed by atoms with Gasteiger partial charge in [-0.25, -0.2) is 4.98 Å². The first kappa shape index (κ1) is 19.0. The number of hydrogen-bond acceptors (Lipinski definition) is 4. The summed E-state index contributed by atoms with van der Waals surface area (Å²) in [6.07, 6.45) is 1.26. The summed E-state index contributed by atoms with van der Waals surface area (Å²) in [6, 6.07) is 15.6. The largest absolute Gasteiger partial charge is 0.347 e. The lowest BCUT2D eigenvalue weighted by atomic mass is 10.1. The van der Waals surface area contributed by atoms with Crippen molar-refractivity contribution in [2.45, 2.75) is 26.7 Å². The topological polar surface area (TPSA) is 71.1 Å². The molecule has 6 heteroatoms.